The summed E-state index contributed by atoms with van der Waals surface area (Å²) >= 11 is 0. The molecule has 0 spiro atoms. The van der Waals surface area contributed by atoms with E-state index in [9.17, 15) is 9.59 Å². The van der Waals surface area contributed by atoms with Crippen molar-refractivity contribution in [1.82, 2.24) is 9.80 Å². The Morgan fingerprint density at radius 2 is 1.95 bits per heavy atom. The molecule has 0 bridgehead atoms. The van der Waals surface area contributed by atoms with Crippen molar-refractivity contribution in [1.29, 1.82) is 0 Å². The van der Waals surface area contributed by atoms with Crippen LogP contribution in [0.1, 0.15) is 16.7 Å². The van der Waals surface area contributed by atoms with Gasteiger partial charge >= 0.3 is 12.5 Å². The van der Waals surface area contributed by atoms with E-state index in [4.69, 9.17) is 4.74 Å². The number of aryl methyl sites for hydroxylation is 2. The molecule has 1 fully saturated rings. The van der Waals surface area contributed by atoms with Gasteiger partial charge in [-0.05, 0) is 25.0 Å². The Morgan fingerprint density at radius 1 is 1.25 bits per heavy atom. The van der Waals surface area contributed by atoms with E-state index in [1.807, 2.05) is 32.4 Å². The van der Waals surface area contributed by atoms with Gasteiger partial charge in [-0.25, -0.2) is 4.79 Å². The van der Waals surface area contributed by atoms with Crippen LogP contribution in [0, 0.1) is 13.8 Å². The Hall–Kier alpha value is -2.04. The molecule has 2 rings (SSSR count). The first-order chi connectivity index (χ1) is 9.60. The molecular weight excluding hydrogens is 256 g/mol. The lowest BCUT2D eigenvalue weighted by Gasteiger charge is -2.31. The number of rotatable bonds is 3. The second kappa shape index (κ2) is 6.41. The third-order valence-electron chi connectivity index (χ3n) is 3.52. The summed E-state index contributed by atoms with van der Waals surface area (Å²) in [5.74, 6) is 0. The lowest BCUT2D eigenvalue weighted by atomic mass is 10.1. The third kappa shape index (κ3) is 3.50. The monoisotopic (exact) mass is 275 g/mol. The van der Waals surface area contributed by atoms with Crippen LogP contribution in [0.25, 0.3) is 0 Å². The number of carbonyl (C=O) groups is 1. The van der Waals surface area contributed by atoms with E-state index < -0.39 is 0 Å². The molecule has 1 aromatic carbocycles. The highest BCUT2D eigenvalue weighted by Crippen LogP contribution is 2.12. The maximum absolute atomic E-state index is 11.9. The highest BCUT2D eigenvalue weighted by atomic mass is 16.6. The van der Waals surface area contributed by atoms with Gasteiger partial charge in [-0.2, -0.15) is 0 Å². The second-order valence-corrected chi connectivity index (χ2v) is 5.05. The molecule has 1 aliphatic rings. The number of nitrogens with zero attached hydrogens (tertiary/aromatic N) is 2. The van der Waals surface area contributed by atoms with E-state index in [0.717, 1.165) is 11.1 Å². The van der Waals surface area contributed by atoms with Gasteiger partial charge in [-0.3, -0.25) is 4.79 Å². The Morgan fingerprint density at radius 3 is 2.55 bits per heavy atom. The number of benzene rings is 1. The molecule has 1 aromatic rings. The predicted molar refractivity (Wildman–Crippen MR) is 74.9 cm³/mol. The van der Waals surface area contributed by atoms with Gasteiger partial charge in [0.1, 0.15) is 6.61 Å². The molecule has 5 nitrogen and oxygen atoms in total. The van der Waals surface area contributed by atoms with Crippen molar-refractivity contribution < 1.29 is 14.3 Å². The lowest BCUT2D eigenvalue weighted by Crippen LogP contribution is -2.48. The number of hydrogen-bond donors (Lipinski definition) is 0. The van der Waals surface area contributed by atoms with Crippen LogP contribution in [0.5, 0.6) is 0 Å². The number of hydrogen-bond acceptors (Lipinski definition) is 3. The first kappa shape index (κ1) is 14.4. The standard InChI is InChI=1S/C15H19N2O3/c1-12-3-4-14(13(2)9-12)10-20-15(19)17-7-5-16(11-18)6-8-17/h3-4,9H,5-8,10H2,1-2H3. The molecule has 0 unspecified atom stereocenters. The zero-order valence-electron chi connectivity index (χ0n) is 11.9. The quantitative estimate of drug-likeness (QED) is 0.842. The van der Waals surface area contributed by atoms with Crippen LogP contribution >= 0.6 is 0 Å². The topological polar surface area (TPSA) is 49.9 Å². The molecule has 1 saturated heterocycles. The van der Waals surface area contributed by atoms with Gasteiger partial charge in [-0.15, -0.1) is 0 Å². The molecule has 1 radical (unpaired) electrons. The van der Waals surface area contributed by atoms with Crippen molar-refractivity contribution in [2.45, 2.75) is 20.5 Å². The lowest BCUT2D eigenvalue weighted by molar-refractivity contribution is 0.0820. The smallest absolute Gasteiger partial charge is 0.410 e. The molecule has 0 saturated carbocycles. The first-order valence-electron chi connectivity index (χ1n) is 6.70. The van der Waals surface area contributed by atoms with Crippen LogP contribution < -0.4 is 0 Å². The maximum Gasteiger partial charge on any atom is 0.410 e. The molecule has 0 N–H and O–H groups in total. The van der Waals surface area contributed by atoms with Gasteiger partial charge in [0, 0.05) is 26.2 Å². The predicted octanol–water partition coefficient (Wildman–Crippen LogP) is 1.62. The second-order valence-electron chi connectivity index (χ2n) is 5.05. The minimum Gasteiger partial charge on any atom is -0.445 e. The van der Waals surface area contributed by atoms with Crippen molar-refractivity contribution in [3.63, 3.8) is 0 Å². The van der Waals surface area contributed by atoms with E-state index >= 15 is 0 Å². The average Bonchev–Trinajstić information content (AvgIpc) is 2.46. The minimum absolute atomic E-state index is 0.283. The summed E-state index contributed by atoms with van der Waals surface area (Å²) in [6.45, 7) is 6.36. The Balaban J connectivity index is 1.85. The third-order valence-corrected chi connectivity index (χ3v) is 3.52. The highest BCUT2D eigenvalue weighted by molar-refractivity contribution is 5.68. The molecule has 5 heteroatoms. The minimum atomic E-state index is -0.324. The van der Waals surface area contributed by atoms with Crippen LogP contribution in [-0.2, 0) is 16.1 Å². The summed E-state index contributed by atoms with van der Waals surface area (Å²) in [7, 11) is 0. The highest BCUT2D eigenvalue weighted by Gasteiger charge is 2.21. The van der Waals surface area contributed by atoms with E-state index in [2.05, 4.69) is 6.07 Å². The fourth-order valence-corrected chi connectivity index (χ4v) is 2.22. The van der Waals surface area contributed by atoms with Gasteiger partial charge in [0.15, 0.2) is 0 Å². The van der Waals surface area contributed by atoms with Gasteiger partial charge < -0.3 is 14.5 Å². The fourth-order valence-electron chi connectivity index (χ4n) is 2.22. The van der Waals surface area contributed by atoms with E-state index in [1.54, 1.807) is 4.90 Å². The first-order valence-corrected chi connectivity index (χ1v) is 6.70. The number of carbonyl (C=O) groups excluding carboxylic acids is 2. The Labute approximate surface area is 119 Å². The Bertz CT molecular complexity index is 494. The zero-order chi connectivity index (χ0) is 14.5. The van der Waals surface area contributed by atoms with Crippen molar-refractivity contribution in [2.24, 2.45) is 0 Å². The van der Waals surface area contributed by atoms with Crippen LogP contribution in [-0.4, -0.2) is 48.5 Å². The van der Waals surface area contributed by atoms with Crippen LogP contribution in [0.4, 0.5) is 4.79 Å². The Kier molecular flexibility index (Phi) is 4.61. The van der Waals surface area contributed by atoms with Crippen molar-refractivity contribution in [2.75, 3.05) is 26.2 Å². The van der Waals surface area contributed by atoms with E-state index in [-0.39, 0.29) is 12.7 Å². The molecule has 20 heavy (non-hydrogen) atoms. The molecule has 1 heterocycles. The summed E-state index contributed by atoms with van der Waals surface area (Å²) in [5, 5.41) is 0. The van der Waals surface area contributed by atoms with Gasteiger partial charge in [-0.1, -0.05) is 23.8 Å². The van der Waals surface area contributed by atoms with E-state index in [1.165, 1.54) is 10.5 Å². The van der Waals surface area contributed by atoms with Gasteiger partial charge in [0.2, 0.25) is 0 Å². The largest absolute Gasteiger partial charge is 0.445 e. The summed E-state index contributed by atoms with van der Waals surface area (Å²) in [4.78, 5) is 25.6. The molecule has 0 aromatic heterocycles. The maximum atomic E-state index is 11.9. The van der Waals surface area contributed by atoms with Crippen LogP contribution in [0.3, 0.4) is 0 Å². The molecular formula is C15H19N2O3. The number of piperazine rings is 1. The van der Waals surface area contributed by atoms with Crippen LogP contribution in [0.15, 0.2) is 18.2 Å². The molecule has 0 atom stereocenters. The fraction of sp³-hybridized carbons (Fsp3) is 0.467. The molecule has 1 aliphatic heterocycles. The van der Waals surface area contributed by atoms with Gasteiger partial charge in [0.25, 0.3) is 0 Å². The summed E-state index contributed by atoms with van der Waals surface area (Å²) in [6.07, 6.45) is 1.51. The van der Waals surface area contributed by atoms with Crippen LogP contribution in [0.2, 0.25) is 0 Å². The van der Waals surface area contributed by atoms with Gasteiger partial charge in [0.05, 0.1) is 0 Å². The van der Waals surface area contributed by atoms with E-state index in [0.29, 0.717) is 26.2 Å². The number of ether oxygens (including phenoxy) is 1. The molecule has 107 valence electrons. The summed E-state index contributed by atoms with van der Waals surface area (Å²) in [5.41, 5.74) is 3.33. The summed E-state index contributed by atoms with van der Waals surface area (Å²) in [6, 6.07) is 6.06. The average molecular weight is 275 g/mol. The number of amides is 2. The molecule has 2 amide bonds. The van der Waals surface area contributed by atoms with Crippen molar-refractivity contribution >= 4 is 12.5 Å². The molecule has 0 aliphatic carbocycles. The normalized spacial score (nSPS) is 15.1. The van der Waals surface area contributed by atoms with Crippen molar-refractivity contribution in [3.8, 4) is 0 Å². The summed E-state index contributed by atoms with van der Waals surface area (Å²) < 4.78 is 5.33. The zero-order valence-corrected chi connectivity index (χ0v) is 11.9. The van der Waals surface area contributed by atoms with Crippen molar-refractivity contribution in [3.05, 3.63) is 34.9 Å². The SMILES string of the molecule is Cc1ccc(COC(=O)N2CCN([C]=O)CC2)c(C)c1.